The molecule has 32 heavy (non-hydrogen) atoms. The van der Waals surface area contributed by atoms with E-state index < -0.39 is 0 Å². The van der Waals surface area contributed by atoms with Crippen LogP contribution in [0.3, 0.4) is 0 Å². The summed E-state index contributed by atoms with van der Waals surface area (Å²) in [4.78, 5) is 14.6. The highest BCUT2D eigenvalue weighted by molar-refractivity contribution is 6.30. The molecule has 5 heteroatoms. The molecule has 3 rings (SSSR count). The smallest absolute Gasteiger partial charge is 0.337 e. The second kappa shape index (κ2) is 12.0. The molecule has 1 atom stereocenters. The molecule has 2 aromatic rings. The highest BCUT2D eigenvalue weighted by Gasteiger charge is 2.21. The summed E-state index contributed by atoms with van der Waals surface area (Å²) in [7, 11) is 1.41. The molecule has 0 saturated carbocycles. The van der Waals surface area contributed by atoms with Crippen molar-refractivity contribution in [3.05, 3.63) is 70.8 Å². The highest BCUT2D eigenvalue weighted by atomic mass is 35.5. The topological polar surface area (TPSA) is 38.8 Å². The first-order valence-electron chi connectivity index (χ1n) is 11.5. The lowest BCUT2D eigenvalue weighted by molar-refractivity contribution is 0.0600. The van der Waals surface area contributed by atoms with Crippen LogP contribution in [-0.2, 0) is 17.7 Å². The van der Waals surface area contributed by atoms with Gasteiger partial charge in [-0.2, -0.15) is 0 Å². The van der Waals surface area contributed by atoms with E-state index >= 15 is 0 Å². The number of ether oxygens (including phenoxy) is 2. The van der Waals surface area contributed by atoms with Crippen molar-refractivity contribution in [2.75, 3.05) is 25.2 Å². The van der Waals surface area contributed by atoms with Gasteiger partial charge >= 0.3 is 5.97 Å². The number of nitrogens with zero attached hydrogens (tertiary/aromatic N) is 1. The fourth-order valence-electron chi connectivity index (χ4n) is 4.26. The van der Waals surface area contributed by atoms with Gasteiger partial charge in [-0.15, -0.1) is 6.58 Å². The number of aryl methyl sites for hydroxylation is 1. The zero-order valence-corrected chi connectivity index (χ0v) is 20.0. The molecule has 0 saturated heterocycles. The molecule has 172 valence electrons. The van der Waals surface area contributed by atoms with E-state index in [9.17, 15) is 4.79 Å². The maximum absolute atomic E-state index is 12.3. The molecule has 0 amide bonds. The SMILES string of the molecule is C=CCC[C@@H](CC)CN1Cc2ccc(Cl)cc2CCCCOc2ccc(C(=O)OC)cc21. The Balaban J connectivity index is 2.06. The van der Waals surface area contributed by atoms with Gasteiger partial charge < -0.3 is 14.4 Å². The van der Waals surface area contributed by atoms with E-state index in [-0.39, 0.29) is 5.97 Å². The van der Waals surface area contributed by atoms with Crippen molar-refractivity contribution in [3.8, 4) is 5.75 Å². The van der Waals surface area contributed by atoms with Crippen molar-refractivity contribution in [1.29, 1.82) is 0 Å². The maximum Gasteiger partial charge on any atom is 0.337 e. The van der Waals surface area contributed by atoms with Crippen LogP contribution < -0.4 is 9.64 Å². The number of allylic oxidation sites excluding steroid dienone is 1. The Bertz CT molecular complexity index is 927. The molecule has 4 nitrogen and oxygen atoms in total. The summed E-state index contributed by atoms with van der Waals surface area (Å²) in [5.74, 6) is 0.977. The van der Waals surface area contributed by atoms with Gasteiger partial charge in [-0.05, 0) is 79.5 Å². The molecule has 1 aliphatic rings. The first-order valence-corrected chi connectivity index (χ1v) is 11.9. The number of anilines is 1. The van der Waals surface area contributed by atoms with Crippen molar-refractivity contribution in [1.82, 2.24) is 0 Å². The van der Waals surface area contributed by atoms with Crippen LogP contribution >= 0.6 is 11.6 Å². The van der Waals surface area contributed by atoms with E-state index in [0.29, 0.717) is 18.1 Å². The minimum atomic E-state index is -0.340. The van der Waals surface area contributed by atoms with Crippen molar-refractivity contribution in [3.63, 3.8) is 0 Å². The van der Waals surface area contributed by atoms with Crippen LogP contribution in [0.2, 0.25) is 5.02 Å². The molecular weight excluding hydrogens is 422 g/mol. The minimum absolute atomic E-state index is 0.340. The summed E-state index contributed by atoms with van der Waals surface area (Å²) >= 11 is 6.33. The first kappa shape index (κ1) is 24.2. The molecule has 0 radical (unpaired) electrons. The zero-order valence-electron chi connectivity index (χ0n) is 19.2. The second-order valence-electron chi connectivity index (χ2n) is 8.41. The number of fused-ring (bicyclic) bond motifs is 2. The van der Waals surface area contributed by atoms with Gasteiger partial charge in [0, 0.05) is 18.1 Å². The number of rotatable bonds is 7. The summed E-state index contributed by atoms with van der Waals surface area (Å²) < 4.78 is 11.2. The number of hydrogen-bond donors (Lipinski definition) is 0. The van der Waals surface area contributed by atoms with Gasteiger partial charge in [-0.1, -0.05) is 37.1 Å². The van der Waals surface area contributed by atoms with Crippen LogP contribution in [0.4, 0.5) is 5.69 Å². The number of esters is 1. The largest absolute Gasteiger partial charge is 0.491 e. The Morgan fingerprint density at radius 1 is 1.25 bits per heavy atom. The average Bonchev–Trinajstić information content (AvgIpc) is 2.84. The molecule has 0 spiro atoms. The molecule has 0 fully saturated rings. The second-order valence-corrected chi connectivity index (χ2v) is 8.85. The van der Waals surface area contributed by atoms with Gasteiger partial charge in [0.25, 0.3) is 0 Å². The van der Waals surface area contributed by atoms with Crippen molar-refractivity contribution < 1.29 is 14.3 Å². The van der Waals surface area contributed by atoms with Crippen LogP contribution in [0.15, 0.2) is 49.1 Å². The van der Waals surface area contributed by atoms with Gasteiger partial charge in [0.15, 0.2) is 0 Å². The summed E-state index contributed by atoms with van der Waals surface area (Å²) in [6.07, 6.45) is 8.11. The number of benzene rings is 2. The van der Waals surface area contributed by atoms with Crippen LogP contribution in [0, 0.1) is 5.92 Å². The predicted octanol–water partition coefficient (Wildman–Crippen LogP) is 6.84. The molecule has 2 aromatic carbocycles. The average molecular weight is 456 g/mol. The standard InChI is InChI=1S/C27H34ClNO3/c1-4-6-9-20(5-2)18-29-19-23-11-13-24(28)16-21(23)10-7-8-15-32-26-14-12-22(17-25(26)29)27(30)31-3/h4,11-14,16-17,20H,1,5-10,15,18-19H2,2-3H3/t20-/m1/s1. The zero-order chi connectivity index (χ0) is 22.9. The molecule has 0 N–H and O–H groups in total. The minimum Gasteiger partial charge on any atom is -0.491 e. The molecular formula is C27H34ClNO3. The normalized spacial score (nSPS) is 14.9. The Labute approximate surface area is 197 Å². The number of methoxy groups -OCH3 is 1. The third-order valence-corrected chi connectivity index (χ3v) is 6.42. The fourth-order valence-corrected chi connectivity index (χ4v) is 4.45. The lowest BCUT2D eigenvalue weighted by atomic mass is 9.97. The summed E-state index contributed by atoms with van der Waals surface area (Å²) in [6.45, 7) is 8.37. The van der Waals surface area contributed by atoms with Gasteiger partial charge in [-0.3, -0.25) is 0 Å². The van der Waals surface area contributed by atoms with Gasteiger partial charge in [-0.25, -0.2) is 4.79 Å². The van der Waals surface area contributed by atoms with Crippen LogP contribution in [0.5, 0.6) is 5.75 Å². The number of carbonyl (C=O) groups excluding carboxylic acids is 1. The van der Waals surface area contributed by atoms with Crippen molar-refractivity contribution in [2.45, 2.75) is 52.0 Å². The van der Waals surface area contributed by atoms with E-state index in [1.165, 1.54) is 18.2 Å². The summed E-state index contributed by atoms with van der Waals surface area (Å²) in [6, 6.07) is 11.8. The highest BCUT2D eigenvalue weighted by Crippen LogP contribution is 2.34. The van der Waals surface area contributed by atoms with E-state index in [1.54, 1.807) is 6.07 Å². The third kappa shape index (κ3) is 6.29. The Kier molecular flexibility index (Phi) is 9.04. The molecule has 1 heterocycles. The van der Waals surface area contributed by atoms with Crippen LogP contribution in [0.25, 0.3) is 0 Å². The Morgan fingerprint density at radius 2 is 2.09 bits per heavy atom. The first-order chi connectivity index (χ1) is 15.5. The number of hydrogen-bond acceptors (Lipinski definition) is 4. The van der Waals surface area contributed by atoms with Crippen molar-refractivity contribution in [2.24, 2.45) is 5.92 Å². The van der Waals surface area contributed by atoms with Gasteiger partial charge in [0.2, 0.25) is 0 Å². The molecule has 0 aromatic heterocycles. The molecule has 0 unspecified atom stereocenters. The quantitative estimate of drug-likeness (QED) is 0.338. The molecule has 1 aliphatic heterocycles. The van der Waals surface area contributed by atoms with Gasteiger partial charge in [0.05, 0.1) is 25.0 Å². The Morgan fingerprint density at radius 3 is 2.84 bits per heavy atom. The van der Waals surface area contributed by atoms with Gasteiger partial charge in [0.1, 0.15) is 5.75 Å². The maximum atomic E-state index is 12.3. The molecule has 0 bridgehead atoms. The van der Waals surface area contributed by atoms with E-state index in [2.05, 4.69) is 30.5 Å². The summed E-state index contributed by atoms with van der Waals surface area (Å²) in [5.41, 5.74) is 4.02. The Hall–Kier alpha value is -2.46. The third-order valence-electron chi connectivity index (χ3n) is 6.18. The van der Waals surface area contributed by atoms with E-state index in [0.717, 1.165) is 68.1 Å². The predicted molar refractivity (Wildman–Crippen MR) is 132 cm³/mol. The monoisotopic (exact) mass is 455 g/mol. The van der Waals surface area contributed by atoms with E-state index in [4.69, 9.17) is 21.1 Å². The summed E-state index contributed by atoms with van der Waals surface area (Å²) in [5, 5.41) is 0.771. The number of carbonyl (C=O) groups is 1. The lowest BCUT2D eigenvalue weighted by Crippen LogP contribution is -2.30. The van der Waals surface area contributed by atoms with Crippen molar-refractivity contribution >= 4 is 23.3 Å². The van der Waals surface area contributed by atoms with Crippen LogP contribution in [-0.4, -0.2) is 26.2 Å². The van der Waals surface area contributed by atoms with E-state index in [1.807, 2.05) is 24.3 Å². The number of halogens is 1. The van der Waals surface area contributed by atoms with Crippen LogP contribution in [0.1, 0.15) is 60.5 Å². The fraction of sp³-hybridized carbons (Fsp3) is 0.444. The lowest BCUT2D eigenvalue weighted by Gasteiger charge is -2.31. The molecule has 0 aliphatic carbocycles.